The zero-order valence-electron chi connectivity index (χ0n) is 10.4. The van der Waals surface area contributed by atoms with E-state index in [1.54, 1.807) is 18.2 Å². The zero-order valence-corrected chi connectivity index (χ0v) is 11.1. The quantitative estimate of drug-likeness (QED) is 0.902. The average Bonchev–Trinajstić information content (AvgIpc) is 3.12. The van der Waals surface area contributed by atoms with Crippen LogP contribution in [0.1, 0.15) is 24.0 Å². The standard InChI is InChI=1S/C13H16ClF3N2/c14-12-5-9(6-18)1-2-10(12)7-19(11-3-4-11)8-13(15,16)17/h1-2,5,11H,3-4,6-8,18H2. The van der Waals surface area contributed by atoms with Gasteiger partial charge in [-0.2, -0.15) is 13.2 Å². The number of hydrogen-bond acceptors (Lipinski definition) is 2. The molecule has 106 valence electrons. The van der Waals surface area contributed by atoms with E-state index in [4.69, 9.17) is 17.3 Å². The third-order valence-electron chi connectivity index (χ3n) is 3.17. The summed E-state index contributed by atoms with van der Waals surface area (Å²) in [6, 6.07) is 5.32. The summed E-state index contributed by atoms with van der Waals surface area (Å²) in [6.45, 7) is -0.282. The van der Waals surface area contributed by atoms with Gasteiger partial charge in [0, 0.05) is 24.2 Å². The van der Waals surface area contributed by atoms with Crippen molar-refractivity contribution in [2.75, 3.05) is 6.54 Å². The van der Waals surface area contributed by atoms with Crippen molar-refractivity contribution in [2.24, 2.45) is 5.73 Å². The van der Waals surface area contributed by atoms with Crippen molar-refractivity contribution >= 4 is 11.6 Å². The fourth-order valence-corrected chi connectivity index (χ4v) is 2.31. The predicted molar refractivity (Wildman–Crippen MR) is 68.8 cm³/mol. The Hall–Kier alpha value is -0.780. The smallest absolute Gasteiger partial charge is 0.326 e. The molecule has 0 aromatic heterocycles. The summed E-state index contributed by atoms with van der Waals surface area (Å²) in [6.07, 6.45) is -2.52. The number of hydrogen-bond donors (Lipinski definition) is 1. The van der Waals surface area contributed by atoms with Gasteiger partial charge in [0.1, 0.15) is 0 Å². The number of nitrogens with zero attached hydrogens (tertiary/aromatic N) is 1. The maximum atomic E-state index is 12.5. The van der Waals surface area contributed by atoms with Crippen LogP contribution in [0.5, 0.6) is 0 Å². The molecule has 2 rings (SSSR count). The molecule has 1 fully saturated rings. The summed E-state index contributed by atoms with van der Waals surface area (Å²) in [5.41, 5.74) is 7.09. The van der Waals surface area contributed by atoms with E-state index in [2.05, 4.69) is 0 Å². The van der Waals surface area contributed by atoms with Gasteiger partial charge in [0.05, 0.1) is 6.54 Å². The number of nitrogens with two attached hydrogens (primary N) is 1. The third kappa shape index (κ3) is 4.37. The molecule has 2 N–H and O–H groups in total. The Morgan fingerprint density at radius 1 is 1.32 bits per heavy atom. The molecule has 0 amide bonds. The molecule has 1 aliphatic carbocycles. The SMILES string of the molecule is NCc1ccc(CN(CC(F)(F)F)C2CC2)c(Cl)c1. The second-order valence-electron chi connectivity index (χ2n) is 4.88. The number of benzene rings is 1. The van der Waals surface area contributed by atoms with Crippen molar-refractivity contribution < 1.29 is 13.2 Å². The monoisotopic (exact) mass is 292 g/mol. The van der Waals surface area contributed by atoms with Crippen molar-refractivity contribution in [3.63, 3.8) is 0 Å². The fourth-order valence-electron chi connectivity index (χ4n) is 2.05. The molecule has 0 heterocycles. The van der Waals surface area contributed by atoms with E-state index in [0.29, 0.717) is 11.6 Å². The van der Waals surface area contributed by atoms with Crippen LogP contribution in [0.3, 0.4) is 0 Å². The van der Waals surface area contributed by atoms with Gasteiger partial charge in [0.25, 0.3) is 0 Å². The highest BCUT2D eigenvalue weighted by atomic mass is 35.5. The normalized spacial score (nSPS) is 16.1. The van der Waals surface area contributed by atoms with Gasteiger partial charge in [-0.05, 0) is 30.0 Å². The van der Waals surface area contributed by atoms with Crippen molar-refractivity contribution in [1.82, 2.24) is 4.90 Å². The van der Waals surface area contributed by atoms with Crippen LogP contribution >= 0.6 is 11.6 Å². The van der Waals surface area contributed by atoms with E-state index >= 15 is 0 Å². The third-order valence-corrected chi connectivity index (χ3v) is 3.52. The topological polar surface area (TPSA) is 29.3 Å². The van der Waals surface area contributed by atoms with E-state index in [1.807, 2.05) is 0 Å². The van der Waals surface area contributed by atoms with Crippen molar-refractivity contribution in [2.45, 2.75) is 38.1 Å². The Kier molecular flexibility index (Phi) is 4.38. The molecule has 1 aliphatic rings. The van der Waals surface area contributed by atoms with Crippen LogP contribution < -0.4 is 5.73 Å². The molecule has 6 heteroatoms. The number of rotatable bonds is 5. The van der Waals surface area contributed by atoms with Gasteiger partial charge >= 0.3 is 6.18 Å². The summed E-state index contributed by atoms with van der Waals surface area (Å²) in [7, 11) is 0. The first-order chi connectivity index (χ1) is 8.89. The predicted octanol–water partition coefficient (Wildman–Crippen LogP) is 3.33. The summed E-state index contributed by atoms with van der Waals surface area (Å²) in [5, 5.41) is 0.482. The van der Waals surface area contributed by atoms with E-state index in [1.165, 1.54) is 4.90 Å². The fraction of sp³-hybridized carbons (Fsp3) is 0.538. The molecule has 0 atom stereocenters. The molecule has 0 bridgehead atoms. The molecule has 0 unspecified atom stereocenters. The molecule has 0 spiro atoms. The van der Waals surface area contributed by atoms with Gasteiger partial charge in [0.2, 0.25) is 0 Å². The Morgan fingerprint density at radius 2 is 2.00 bits per heavy atom. The maximum absolute atomic E-state index is 12.5. The second kappa shape index (κ2) is 5.69. The minimum absolute atomic E-state index is 0.0341. The van der Waals surface area contributed by atoms with Gasteiger partial charge in [-0.3, -0.25) is 4.90 Å². The van der Waals surface area contributed by atoms with Gasteiger partial charge in [-0.25, -0.2) is 0 Å². The Morgan fingerprint density at radius 3 is 2.47 bits per heavy atom. The average molecular weight is 293 g/mol. The summed E-state index contributed by atoms with van der Waals surface area (Å²) in [4.78, 5) is 1.45. The zero-order chi connectivity index (χ0) is 14.0. The lowest BCUT2D eigenvalue weighted by molar-refractivity contribution is -0.148. The highest BCUT2D eigenvalue weighted by Gasteiger charge is 2.38. The van der Waals surface area contributed by atoms with Crippen LogP contribution in [0, 0.1) is 0 Å². The Labute approximate surface area is 115 Å². The van der Waals surface area contributed by atoms with Gasteiger partial charge < -0.3 is 5.73 Å². The van der Waals surface area contributed by atoms with E-state index in [0.717, 1.165) is 24.0 Å². The first kappa shape index (κ1) is 14.6. The minimum atomic E-state index is -4.17. The molecular formula is C13H16ClF3N2. The first-order valence-corrected chi connectivity index (χ1v) is 6.55. The lowest BCUT2D eigenvalue weighted by Gasteiger charge is -2.24. The second-order valence-corrected chi connectivity index (χ2v) is 5.29. The molecule has 1 saturated carbocycles. The molecule has 19 heavy (non-hydrogen) atoms. The molecule has 0 aliphatic heterocycles. The van der Waals surface area contributed by atoms with Crippen molar-refractivity contribution in [3.8, 4) is 0 Å². The summed E-state index contributed by atoms with van der Waals surface area (Å²) < 4.78 is 37.6. The lowest BCUT2D eigenvalue weighted by atomic mass is 10.1. The number of alkyl halides is 3. The van der Waals surface area contributed by atoms with Crippen LogP contribution in [0.25, 0.3) is 0 Å². The lowest BCUT2D eigenvalue weighted by Crippen LogP contribution is -2.35. The summed E-state index contributed by atoms with van der Waals surface area (Å²) in [5.74, 6) is 0. The van der Waals surface area contributed by atoms with E-state index in [9.17, 15) is 13.2 Å². The van der Waals surface area contributed by atoms with Gasteiger partial charge in [0.15, 0.2) is 0 Å². The molecule has 0 saturated heterocycles. The maximum Gasteiger partial charge on any atom is 0.401 e. The Bertz CT molecular complexity index is 444. The van der Waals surface area contributed by atoms with E-state index in [-0.39, 0.29) is 12.6 Å². The van der Waals surface area contributed by atoms with E-state index < -0.39 is 12.7 Å². The van der Waals surface area contributed by atoms with Crippen LogP contribution in [0.4, 0.5) is 13.2 Å². The van der Waals surface area contributed by atoms with Crippen molar-refractivity contribution in [3.05, 3.63) is 34.3 Å². The Balaban J connectivity index is 2.08. The number of halogens is 4. The summed E-state index contributed by atoms with van der Waals surface area (Å²) >= 11 is 6.09. The largest absolute Gasteiger partial charge is 0.401 e. The van der Waals surface area contributed by atoms with Crippen molar-refractivity contribution in [1.29, 1.82) is 0 Å². The van der Waals surface area contributed by atoms with Crippen LogP contribution in [0.2, 0.25) is 5.02 Å². The van der Waals surface area contributed by atoms with Crippen LogP contribution in [-0.4, -0.2) is 23.7 Å². The van der Waals surface area contributed by atoms with Gasteiger partial charge in [-0.15, -0.1) is 0 Å². The molecule has 2 nitrogen and oxygen atoms in total. The molecule has 1 aromatic carbocycles. The van der Waals surface area contributed by atoms with Gasteiger partial charge in [-0.1, -0.05) is 23.7 Å². The highest BCUT2D eigenvalue weighted by molar-refractivity contribution is 6.31. The molecular weight excluding hydrogens is 277 g/mol. The highest BCUT2D eigenvalue weighted by Crippen LogP contribution is 2.32. The molecule has 1 aromatic rings. The first-order valence-electron chi connectivity index (χ1n) is 6.17. The van der Waals surface area contributed by atoms with Crippen LogP contribution in [-0.2, 0) is 13.1 Å². The minimum Gasteiger partial charge on any atom is -0.326 e. The van der Waals surface area contributed by atoms with Crippen LogP contribution in [0.15, 0.2) is 18.2 Å². The molecule has 0 radical (unpaired) electrons.